The van der Waals surface area contributed by atoms with Crippen molar-refractivity contribution in [2.45, 2.75) is 20.4 Å². The summed E-state index contributed by atoms with van der Waals surface area (Å²) in [5.41, 5.74) is 3.05. The first-order valence-corrected chi connectivity index (χ1v) is 6.14. The molecule has 4 heteroatoms. The first-order chi connectivity index (χ1) is 8.22. The third-order valence-electron chi connectivity index (χ3n) is 3.48. The summed E-state index contributed by atoms with van der Waals surface area (Å²) in [5, 5.41) is 0. The highest BCUT2D eigenvalue weighted by molar-refractivity contribution is 5.77. The zero-order valence-electron chi connectivity index (χ0n) is 10.6. The van der Waals surface area contributed by atoms with E-state index in [9.17, 15) is 4.79 Å². The quantitative estimate of drug-likeness (QED) is 0.738. The summed E-state index contributed by atoms with van der Waals surface area (Å²) >= 11 is 0. The van der Waals surface area contributed by atoms with Crippen molar-refractivity contribution < 1.29 is 9.53 Å². The van der Waals surface area contributed by atoms with Crippen LogP contribution in [0.1, 0.15) is 21.7 Å². The topological polar surface area (TPSA) is 34.5 Å². The van der Waals surface area contributed by atoms with E-state index in [0.29, 0.717) is 0 Å². The summed E-state index contributed by atoms with van der Waals surface area (Å²) in [5.74, 6) is 0. The average Bonchev–Trinajstić information content (AvgIpc) is 2.63. The lowest BCUT2D eigenvalue weighted by Gasteiger charge is -2.27. The van der Waals surface area contributed by atoms with E-state index in [2.05, 4.69) is 16.4 Å². The van der Waals surface area contributed by atoms with E-state index in [0.717, 1.165) is 62.6 Å². The van der Waals surface area contributed by atoms with E-state index in [-0.39, 0.29) is 0 Å². The fourth-order valence-electron chi connectivity index (χ4n) is 2.36. The summed E-state index contributed by atoms with van der Waals surface area (Å²) in [4.78, 5) is 13.3. The summed E-state index contributed by atoms with van der Waals surface area (Å²) in [7, 11) is 0. The largest absolute Gasteiger partial charge is 0.379 e. The van der Waals surface area contributed by atoms with Gasteiger partial charge in [0.2, 0.25) is 0 Å². The smallest absolute Gasteiger partial charge is 0.151 e. The first-order valence-electron chi connectivity index (χ1n) is 6.14. The monoisotopic (exact) mass is 236 g/mol. The molecule has 4 nitrogen and oxygen atoms in total. The summed E-state index contributed by atoms with van der Waals surface area (Å²) < 4.78 is 7.55. The molecule has 1 aromatic rings. The van der Waals surface area contributed by atoms with E-state index in [1.165, 1.54) is 0 Å². The Morgan fingerprint density at radius 1 is 1.29 bits per heavy atom. The third-order valence-corrected chi connectivity index (χ3v) is 3.48. The maximum absolute atomic E-state index is 10.9. The second-order valence-corrected chi connectivity index (χ2v) is 4.55. The molecule has 1 aliphatic heterocycles. The lowest BCUT2D eigenvalue weighted by atomic mass is 10.3. The SMILES string of the molecule is Cc1cc(C=O)c(C)n1CCN1CCOCC1. The van der Waals surface area contributed by atoms with Gasteiger partial charge in [0.25, 0.3) is 0 Å². The van der Waals surface area contributed by atoms with Gasteiger partial charge in [0.05, 0.1) is 13.2 Å². The lowest BCUT2D eigenvalue weighted by molar-refractivity contribution is 0.0363. The maximum atomic E-state index is 10.9. The van der Waals surface area contributed by atoms with E-state index in [1.54, 1.807) is 0 Å². The van der Waals surface area contributed by atoms with Gasteiger partial charge in [-0.3, -0.25) is 9.69 Å². The van der Waals surface area contributed by atoms with Gasteiger partial charge < -0.3 is 9.30 Å². The van der Waals surface area contributed by atoms with Crippen molar-refractivity contribution >= 4 is 6.29 Å². The van der Waals surface area contributed by atoms with Crippen LogP contribution in [0.15, 0.2) is 6.07 Å². The number of nitrogens with zero attached hydrogens (tertiary/aromatic N) is 2. The van der Waals surface area contributed by atoms with Crippen molar-refractivity contribution in [1.29, 1.82) is 0 Å². The average molecular weight is 236 g/mol. The predicted octanol–water partition coefficient (Wildman–Crippen LogP) is 1.25. The van der Waals surface area contributed by atoms with Crippen LogP contribution in [0, 0.1) is 13.8 Å². The Morgan fingerprint density at radius 2 is 2.00 bits per heavy atom. The molecule has 0 bridgehead atoms. The minimum atomic E-state index is 0.810. The van der Waals surface area contributed by atoms with E-state index < -0.39 is 0 Å². The van der Waals surface area contributed by atoms with Crippen LogP contribution in [0.2, 0.25) is 0 Å². The lowest BCUT2D eigenvalue weighted by Crippen LogP contribution is -2.38. The highest BCUT2D eigenvalue weighted by Crippen LogP contribution is 2.13. The van der Waals surface area contributed by atoms with Crippen molar-refractivity contribution in [3.63, 3.8) is 0 Å². The van der Waals surface area contributed by atoms with Gasteiger partial charge in [0.1, 0.15) is 0 Å². The van der Waals surface area contributed by atoms with Crippen molar-refractivity contribution in [2.24, 2.45) is 0 Å². The summed E-state index contributed by atoms with van der Waals surface area (Å²) in [6, 6.07) is 1.96. The molecule has 0 spiro atoms. The van der Waals surface area contributed by atoms with Crippen LogP contribution in [0.25, 0.3) is 0 Å². The van der Waals surface area contributed by atoms with Gasteiger partial charge in [-0.1, -0.05) is 0 Å². The molecule has 0 unspecified atom stereocenters. The van der Waals surface area contributed by atoms with Crippen LogP contribution in [0.5, 0.6) is 0 Å². The fourth-order valence-corrected chi connectivity index (χ4v) is 2.36. The predicted molar refractivity (Wildman–Crippen MR) is 66.6 cm³/mol. The highest BCUT2D eigenvalue weighted by atomic mass is 16.5. The minimum absolute atomic E-state index is 0.810. The van der Waals surface area contributed by atoms with Crippen molar-refractivity contribution in [3.05, 3.63) is 23.0 Å². The van der Waals surface area contributed by atoms with Gasteiger partial charge in [-0.05, 0) is 19.9 Å². The van der Waals surface area contributed by atoms with E-state index in [1.807, 2.05) is 13.0 Å². The van der Waals surface area contributed by atoms with E-state index in [4.69, 9.17) is 4.74 Å². The Kier molecular flexibility index (Phi) is 3.97. The van der Waals surface area contributed by atoms with Gasteiger partial charge in [-0.25, -0.2) is 0 Å². The van der Waals surface area contributed by atoms with Crippen LogP contribution in [-0.2, 0) is 11.3 Å². The number of aldehydes is 1. The highest BCUT2D eigenvalue weighted by Gasteiger charge is 2.12. The molecule has 17 heavy (non-hydrogen) atoms. The van der Waals surface area contributed by atoms with Crippen LogP contribution in [0.3, 0.4) is 0 Å². The number of hydrogen-bond donors (Lipinski definition) is 0. The summed E-state index contributed by atoms with van der Waals surface area (Å²) in [6.07, 6.45) is 0.938. The first kappa shape index (κ1) is 12.3. The van der Waals surface area contributed by atoms with Gasteiger partial charge in [-0.2, -0.15) is 0 Å². The number of rotatable bonds is 4. The Hall–Kier alpha value is -1.13. The van der Waals surface area contributed by atoms with Crippen molar-refractivity contribution in [3.8, 4) is 0 Å². The Balaban J connectivity index is 1.98. The molecular formula is C13H20N2O2. The molecule has 0 aromatic carbocycles. The number of aromatic nitrogens is 1. The molecule has 1 saturated heterocycles. The molecule has 0 amide bonds. The van der Waals surface area contributed by atoms with Gasteiger partial charge in [-0.15, -0.1) is 0 Å². The number of aryl methyl sites for hydroxylation is 1. The fraction of sp³-hybridized carbons (Fsp3) is 0.615. The third kappa shape index (κ3) is 2.76. The Labute approximate surface area is 102 Å². The molecule has 2 heterocycles. The van der Waals surface area contributed by atoms with Gasteiger partial charge in [0.15, 0.2) is 6.29 Å². The Morgan fingerprint density at radius 3 is 2.59 bits per heavy atom. The molecule has 0 aliphatic carbocycles. The van der Waals surface area contributed by atoms with Gasteiger partial charge in [0, 0.05) is 43.1 Å². The molecule has 0 saturated carbocycles. The number of carbonyl (C=O) groups excluding carboxylic acids is 1. The zero-order valence-corrected chi connectivity index (χ0v) is 10.6. The minimum Gasteiger partial charge on any atom is -0.379 e. The van der Waals surface area contributed by atoms with Gasteiger partial charge >= 0.3 is 0 Å². The standard InChI is InChI=1S/C13H20N2O2/c1-11-9-13(10-16)12(2)15(11)4-3-14-5-7-17-8-6-14/h9-10H,3-8H2,1-2H3. The molecular weight excluding hydrogens is 216 g/mol. The van der Waals surface area contributed by atoms with Crippen LogP contribution in [0.4, 0.5) is 0 Å². The molecule has 2 rings (SSSR count). The second kappa shape index (κ2) is 5.47. The molecule has 1 aliphatic rings. The number of ether oxygens (including phenoxy) is 1. The molecule has 0 radical (unpaired) electrons. The molecule has 1 aromatic heterocycles. The zero-order chi connectivity index (χ0) is 12.3. The van der Waals surface area contributed by atoms with E-state index >= 15 is 0 Å². The van der Waals surface area contributed by atoms with Crippen LogP contribution in [-0.4, -0.2) is 48.6 Å². The Bertz CT molecular complexity index is 392. The molecule has 1 fully saturated rings. The maximum Gasteiger partial charge on any atom is 0.151 e. The van der Waals surface area contributed by atoms with Crippen molar-refractivity contribution in [2.75, 3.05) is 32.8 Å². The van der Waals surface area contributed by atoms with Crippen LogP contribution < -0.4 is 0 Å². The molecule has 94 valence electrons. The second-order valence-electron chi connectivity index (χ2n) is 4.55. The number of morpholine rings is 1. The number of hydrogen-bond acceptors (Lipinski definition) is 3. The molecule has 0 atom stereocenters. The number of carbonyl (C=O) groups is 1. The van der Waals surface area contributed by atoms with Crippen molar-refractivity contribution in [1.82, 2.24) is 9.47 Å². The normalized spacial score (nSPS) is 17.3. The van der Waals surface area contributed by atoms with Crippen LogP contribution >= 0.6 is 0 Å². The summed E-state index contributed by atoms with van der Waals surface area (Å²) in [6.45, 7) is 9.74. The molecule has 0 N–H and O–H groups in total.